The molecule has 1 rings (SSSR count). The molecule has 1 aromatic rings. The Morgan fingerprint density at radius 2 is 2.20 bits per heavy atom. The van der Waals surface area contributed by atoms with E-state index in [0.29, 0.717) is 0 Å². The van der Waals surface area contributed by atoms with Gasteiger partial charge in [0.25, 0.3) is 10.0 Å². The number of halogens is 2. The number of nitrogens with one attached hydrogen (secondary N) is 1. The third kappa shape index (κ3) is 3.13. The summed E-state index contributed by atoms with van der Waals surface area (Å²) in [6.07, 6.45) is 0. The maximum Gasteiger partial charge on any atom is 0.264 e. The largest absolute Gasteiger partial charge is 0.287 e. The average Bonchev–Trinajstić information content (AvgIpc) is 2.18. The number of hydrogen-bond donors (Lipinski definition) is 1. The zero-order chi connectivity index (χ0) is 11.5. The first-order valence-electron chi connectivity index (χ1n) is 4.06. The van der Waals surface area contributed by atoms with Gasteiger partial charge in [0.1, 0.15) is 10.7 Å². The van der Waals surface area contributed by atoms with Crippen molar-refractivity contribution in [1.29, 1.82) is 0 Å². The van der Waals surface area contributed by atoms with Crippen molar-refractivity contribution in [1.82, 2.24) is 4.89 Å². The molecule has 1 aromatic carbocycles. The van der Waals surface area contributed by atoms with E-state index in [1.165, 1.54) is 0 Å². The van der Waals surface area contributed by atoms with E-state index in [1.54, 1.807) is 6.92 Å². The van der Waals surface area contributed by atoms with Gasteiger partial charge in [-0.25, -0.2) is 12.8 Å². The van der Waals surface area contributed by atoms with Crippen molar-refractivity contribution in [3.63, 3.8) is 0 Å². The molecule has 0 spiro atoms. The van der Waals surface area contributed by atoms with E-state index < -0.39 is 15.8 Å². The predicted octanol–water partition coefficient (Wildman–Crippen LogP) is 1.71. The fourth-order valence-electron chi connectivity index (χ4n) is 0.865. The highest BCUT2D eigenvalue weighted by Crippen LogP contribution is 2.21. The maximum atomic E-state index is 12.8. The summed E-state index contributed by atoms with van der Waals surface area (Å²) in [4.78, 5) is 5.99. The van der Waals surface area contributed by atoms with Crippen molar-refractivity contribution in [2.75, 3.05) is 6.61 Å². The Morgan fingerprint density at radius 3 is 2.80 bits per heavy atom. The molecule has 0 heterocycles. The van der Waals surface area contributed by atoms with E-state index in [4.69, 9.17) is 11.6 Å². The van der Waals surface area contributed by atoms with Gasteiger partial charge in [-0.05, 0) is 25.1 Å². The molecule has 0 aliphatic heterocycles. The summed E-state index contributed by atoms with van der Waals surface area (Å²) in [6, 6.07) is 3.06. The molecule has 0 aromatic heterocycles. The standard InChI is InChI=1S/C8H9ClFNO3S/c1-2-14-11-15(12,13)8-5-6(10)3-4-7(8)9/h3-5,11H,2H2,1H3. The number of rotatable bonds is 4. The Balaban J connectivity index is 3.09. The predicted molar refractivity (Wildman–Crippen MR) is 53.4 cm³/mol. The Bertz CT molecular complexity index is 449. The molecule has 0 fully saturated rings. The van der Waals surface area contributed by atoms with Crippen LogP contribution in [0.4, 0.5) is 4.39 Å². The minimum absolute atomic E-state index is 0.0661. The van der Waals surface area contributed by atoms with Gasteiger partial charge in [0.2, 0.25) is 0 Å². The van der Waals surface area contributed by atoms with E-state index in [0.717, 1.165) is 18.2 Å². The molecule has 7 heteroatoms. The van der Waals surface area contributed by atoms with Crippen LogP contribution in [0.2, 0.25) is 5.02 Å². The highest BCUT2D eigenvalue weighted by atomic mass is 35.5. The third-order valence-electron chi connectivity index (χ3n) is 1.50. The summed E-state index contributed by atoms with van der Waals surface area (Å²) in [5.41, 5.74) is 0. The van der Waals surface area contributed by atoms with E-state index in [9.17, 15) is 12.8 Å². The SMILES string of the molecule is CCONS(=O)(=O)c1cc(F)ccc1Cl. The van der Waals surface area contributed by atoms with Gasteiger partial charge in [-0.1, -0.05) is 16.5 Å². The summed E-state index contributed by atoms with van der Waals surface area (Å²) in [5, 5.41) is -0.0661. The molecule has 0 atom stereocenters. The highest BCUT2D eigenvalue weighted by Gasteiger charge is 2.18. The van der Waals surface area contributed by atoms with Crippen LogP contribution in [0.3, 0.4) is 0 Å². The van der Waals surface area contributed by atoms with Crippen molar-refractivity contribution >= 4 is 21.6 Å². The van der Waals surface area contributed by atoms with Gasteiger partial charge in [0.15, 0.2) is 0 Å². The molecule has 1 N–H and O–H groups in total. The molecular weight excluding hydrogens is 245 g/mol. The molecule has 0 saturated carbocycles. The summed E-state index contributed by atoms with van der Waals surface area (Å²) < 4.78 is 35.8. The highest BCUT2D eigenvalue weighted by molar-refractivity contribution is 7.89. The van der Waals surface area contributed by atoms with Gasteiger partial charge < -0.3 is 0 Å². The van der Waals surface area contributed by atoms with E-state index in [1.807, 2.05) is 4.89 Å². The maximum absolute atomic E-state index is 12.8. The van der Waals surface area contributed by atoms with Crippen LogP contribution in [0, 0.1) is 5.82 Å². The molecule has 0 aliphatic carbocycles. The second-order valence-electron chi connectivity index (χ2n) is 2.59. The lowest BCUT2D eigenvalue weighted by molar-refractivity contribution is 0.105. The van der Waals surface area contributed by atoms with E-state index in [2.05, 4.69) is 4.84 Å². The zero-order valence-corrected chi connectivity index (χ0v) is 9.40. The Kier molecular flexibility index (Phi) is 4.04. The molecule has 84 valence electrons. The number of hydrogen-bond acceptors (Lipinski definition) is 3. The van der Waals surface area contributed by atoms with Crippen molar-refractivity contribution in [2.24, 2.45) is 0 Å². The number of benzene rings is 1. The van der Waals surface area contributed by atoms with Crippen LogP contribution >= 0.6 is 11.6 Å². The fourth-order valence-corrected chi connectivity index (χ4v) is 2.24. The van der Waals surface area contributed by atoms with Gasteiger partial charge in [0.05, 0.1) is 11.6 Å². The van der Waals surface area contributed by atoms with Gasteiger partial charge in [0, 0.05) is 0 Å². The second kappa shape index (κ2) is 4.89. The van der Waals surface area contributed by atoms with Gasteiger partial charge in [-0.3, -0.25) is 4.84 Å². The summed E-state index contributed by atoms with van der Waals surface area (Å²) in [6.45, 7) is 1.77. The van der Waals surface area contributed by atoms with Crippen LogP contribution in [0.1, 0.15) is 6.92 Å². The Labute approximate surface area is 92.0 Å². The van der Waals surface area contributed by atoms with Gasteiger partial charge in [-0.2, -0.15) is 0 Å². The normalized spacial score (nSPS) is 11.7. The monoisotopic (exact) mass is 253 g/mol. The number of sulfonamides is 1. The first kappa shape index (κ1) is 12.4. The lowest BCUT2D eigenvalue weighted by Crippen LogP contribution is -2.24. The molecule has 0 unspecified atom stereocenters. The smallest absolute Gasteiger partial charge is 0.264 e. The van der Waals surface area contributed by atoms with Crippen molar-refractivity contribution in [3.05, 3.63) is 29.0 Å². The Morgan fingerprint density at radius 1 is 1.53 bits per heavy atom. The molecule has 0 bridgehead atoms. The first-order chi connectivity index (χ1) is 6.97. The second-order valence-corrected chi connectivity index (χ2v) is 4.62. The van der Waals surface area contributed by atoms with Crippen LogP contribution in [0.15, 0.2) is 23.1 Å². The Hall–Kier alpha value is -0.690. The lowest BCUT2D eigenvalue weighted by atomic mass is 10.3. The zero-order valence-electron chi connectivity index (χ0n) is 7.83. The van der Waals surface area contributed by atoms with Crippen molar-refractivity contribution < 1.29 is 17.6 Å². The van der Waals surface area contributed by atoms with Crippen LogP contribution < -0.4 is 4.89 Å². The average molecular weight is 254 g/mol. The van der Waals surface area contributed by atoms with E-state index >= 15 is 0 Å². The minimum atomic E-state index is -3.92. The summed E-state index contributed by atoms with van der Waals surface area (Å²) in [5.74, 6) is -0.684. The lowest BCUT2D eigenvalue weighted by Gasteiger charge is -2.07. The van der Waals surface area contributed by atoms with Gasteiger partial charge in [-0.15, -0.1) is 0 Å². The molecular formula is C8H9ClFNO3S. The molecule has 0 saturated heterocycles. The van der Waals surface area contributed by atoms with Crippen LogP contribution in [0.5, 0.6) is 0 Å². The molecule has 15 heavy (non-hydrogen) atoms. The van der Waals surface area contributed by atoms with Gasteiger partial charge >= 0.3 is 0 Å². The summed E-state index contributed by atoms with van der Waals surface area (Å²) in [7, 11) is -3.92. The third-order valence-corrected chi connectivity index (χ3v) is 3.19. The first-order valence-corrected chi connectivity index (χ1v) is 5.92. The molecule has 4 nitrogen and oxygen atoms in total. The van der Waals surface area contributed by atoms with Crippen LogP contribution in [0.25, 0.3) is 0 Å². The molecule has 0 radical (unpaired) electrons. The van der Waals surface area contributed by atoms with Crippen LogP contribution in [-0.2, 0) is 14.9 Å². The minimum Gasteiger partial charge on any atom is -0.287 e. The molecule has 0 aliphatic rings. The topological polar surface area (TPSA) is 55.4 Å². The van der Waals surface area contributed by atoms with Crippen molar-refractivity contribution in [3.8, 4) is 0 Å². The van der Waals surface area contributed by atoms with Crippen LogP contribution in [-0.4, -0.2) is 15.0 Å². The molecule has 0 amide bonds. The van der Waals surface area contributed by atoms with Crippen molar-refractivity contribution in [2.45, 2.75) is 11.8 Å². The fraction of sp³-hybridized carbons (Fsp3) is 0.250. The quantitative estimate of drug-likeness (QED) is 0.831. The van der Waals surface area contributed by atoms with E-state index in [-0.39, 0.29) is 16.5 Å². The summed E-state index contributed by atoms with van der Waals surface area (Å²) >= 11 is 5.62.